The van der Waals surface area contributed by atoms with E-state index in [1.54, 1.807) is 7.11 Å². The fourth-order valence-corrected chi connectivity index (χ4v) is 3.27. The molecule has 0 aromatic carbocycles. The molecule has 2 N–H and O–H groups in total. The van der Waals surface area contributed by atoms with Crippen LogP contribution in [0.4, 0.5) is 5.82 Å². The van der Waals surface area contributed by atoms with E-state index in [-0.39, 0.29) is 5.60 Å². The molecule has 4 heteroatoms. The quantitative estimate of drug-likeness (QED) is 0.865. The number of nitrogens with zero attached hydrogens (tertiary/aromatic N) is 2. The van der Waals surface area contributed by atoms with Crippen molar-refractivity contribution in [2.24, 2.45) is 0 Å². The predicted molar refractivity (Wildman–Crippen MR) is 87.5 cm³/mol. The molecule has 1 aromatic heterocycles. The van der Waals surface area contributed by atoms with Gasteiger partial charge in [-0.1, -0.05) is 26.2 Å². The number of hydrogen-bond donors (Lipinski definition) is 1. The Bertz CT molecular complexity index is 459. The third-order valence-electron chi connectivity index (χ3n) is 4.68. The zero-order valence-corrected chi connectivity index (χ0v) is 14.1. The monoisotopic (exact) mass is 293 g/mol. The van der Waals surface area contributed by atoms with Gasteiger partial charge in [-0.05, 0) is 33.1 Å². The molecule has 1 fully saturated rings. The van der Waals surface area contributed by atoms with Crippen molar-refractivity contribution in [3.63, 3.8) is 0 Å². The standard InChI is InChI=1S/C17H31N3O/c1-5-11-20-15(18)14(12-17(2,3)21-4)19-16(20)13-9-7-6-8-10-13/h13H,5-12,18H2,1-4H3. The maximum atomic E-state index is 6.40. The van der Waals surface area contributed by atoms with Crippen LogP contribution < -0.4 is 5.73 Å². The average molecular weight is 293 g/mol. The molecule has 0 atom stereocenters. The molecule has 0 aliphatic heterocycles. The Kier molecular flexibility index (Phi) is 5.31. The minimum absolute atomic E-state index is 0.219. The van der Waals surface area contributed by atoms with E-state index in [2.05, 4.69) is 25.3 Å². The van der Waals surface area contributed by atoms with Gasteiger partial charge in [0.15, 0.2) is 0 Å². The van der Waals surface area contributed by atoms with Crippen molar-refractivity contribution in [1.82, 2.24) is 9.55 Å². The minimum atomic E-state index is -0.219. The van der Waals surface area contributed by atoms with E-state index >= 15 is 0 Å². The topological polar surface area (TPSA) is 53.1 Å². The zero-order chi connectivity index (χ0) is 15.5. The molecule has 0 amide bonds. The highest BCUT2D eigenvalue weighted by Gasteiger charge is 2.27. The lowest BCUT2D eigenvalue weighted by atomic mass is 9.88. The van der Waals surface area contributed by atoms with Crippen molar-refractivity contribution in [3.8, 4) is 0 Å². The third kappa shape index (κ3) is 3.79. The highest BCUT2D eigenvalue weighted by molar-refractivity contribution is 5.40. The molecule has 4 nitrogen and oxygen atoms in total. The Hall–Kier alpha value is -1.03. The molecule has 1 saturated carbocycles. The summed E-state index contributed by atoms with van der Waals surface area (Å²) in [5.74, 6) is 2.66. The van der Waals surface area contributed by atoms with Crippen molar-refractivity contribution in [2.75, 3.05) is 12.8 Å². The molecule has 1 aromatic rings. The second kappa shape index (κ2) is 6.82. The Morgan fingerprint density at radius 2 is 1.95 bits per heavy atom. The number of anilines is 1. The summed E-state index contributed by atoms with van der Waals surface area (Å²) in [6.45, 7) is 7.35. The van der Waals surface area contributed by atoms with Gasteiger partial charge in [-0.25, -0.2) is 4.98 Å². The van der Waals surface area contributed by atoms with Crippen LogP contribution in [-0.2, 0) is 17.7 Å². The molecule has 1 aliphatic carbocycles. The maximum absolute atomic E-state index is 6.40. The number of methoxy groups -OCH3 is 1. The first-order valence-electron chi connectivity index (χ1n) is 8.38. The van der Waals surface area contributed by atoms with Crippen LogP contribution in [0, 0.1) is 0 Å². The van der Waals surface area contributed by atoms with Gasteiger partial charge in [-0.3, -0.25) is 0 Å². The zero-order valence-electron chi connectivity index (χ0n) is 14.1. The van der Waals surface area contributed by atoms with E-state index in [1.807, 2.05) is 0 Å². The molecule has 0 spiro atoms. The first-order valence-corrected chi connectivity index (χ1v) is 8.38. The van der Waals surface area contributed by atoms with Crippen LogP contribution in [-0.4, -0.2) is 22.3 Å². The predicted octanol–water partition coefficient (Wildman–Crippen LogP) is 3.89. The van der Waals surface area contributed by atoms with Crippen LogP contribution in [0.3, 0.4) is 0 Å². The lowest BCUT2D eigenvalue weighted by molar-refractivity contribution is 0.0226. The van der Waals surface area contributed by atoms with Gasteiger partial charge in [0.2, 0.25) is 0 Å². The summed E-state index contributed by atoms with van der Waals surface area (Å²) >= 11 is 0. The number of aromatic nitrogens is 2. The number of rotatable bonds is 6. The summed E-state index contributed by atoms with van der Waals surface area (Å²) in [6.07, 6.45) is 8.38. The van der Waals surface area contributed by atoms with E-state index in [0.29, 0.717) is 5.92 Å². The molecule has 1 aliphatic rings. The highest BCUT2D eigenvalue weighted by Crippen LogP contribution is 2.34. The Balaban J connectivity index is 2.30. The molecule has 0 radical (unpaired) electrons. The van der Waals surface area contributed by atoms with E-state index < -0.39 is 0 Å². The van der Waals surface area contributed by atoms with Gasteiger partial charge in [-0.15, -0.1) is 0 Å². The van der Waals surface area contributed by atoms with E-state index in [9.17, 15) is 0 Å². The summed E-state index contributed by atoms with van der Waals surface area (Å²) < 4.78 is 7.81. The molecular weight excluding hydrogens is 262 g/mol. The van der Waals surface area contributed by atoms with Gasteiger partial charge in [0.25, 0.3) is 0 Å². The van der Waals surface area contributed by atoms with Gasteiger partial charge < -0.3 is 15.0 Å². The molecule has 0 saturated heterocycles. The van der Waals surface area contributed by atoms with Gasteiger partial charge in [-0.2, -0.15) is 0 Å². The smallest absolute Gasteiger partial charge is 0.126 e. The fourth-order valence-electron chi connectivity index (χ4n) is 3.27. The lowest BCUT2D eigenvalue weighted by Gasteiger charge is -2.22. The first-order chi connectivity index (χ1) is 9.98. The van der Waals surface area contributed by atoms with Gasteiger partial charge in [0.1, 0.15) is 11.6 Å². The number of nitrogen functional groups attached to an aromatic ring is 1. The summed E-state index contributed by atoms with van der Waals surface area (Å²) in [5, 5.41) is 0. The molecule has 21 heavy (non-hydrogen) atoms. The van der Waals surface area contributed by atoms with Crippen molar-refractivity contribution in [2.45, 2.75) is 83.8 Å². The van der Waals surface area contributed by atoms with Gasteiger partial charge in [0.05, 0.1) is 11.3 Å². The van der Waals surface area contributed by atoms with Crippen LogP contribution in [0.5, 0.6) is 0 Å². The molecule has 1 heterocycles. The van der Waals surface area contributed by atoms with Crippen molar-refractivity contribution < 1.29 is 4.74 Å². The fraction of sp³-hybridized carbons (Fsp3) is 0.824. The summed E-state index contributed by atoms with van der Waals surface area (Å²) in [6, 6.07) is 0. The van der Waals surface area contributed by atoms with Crippen LogP contribution in [0.15, 0.2) is 0 Å². The van der Waals surface area contributed by atoms with E-state index in [4.69, 9.17) is 15.5 Å². The van der Waals surface area contributed by atoms with Gasteiger partial charge >= 0.3 is 0 Å². The Morgan fingerprint density at radius 3 is 2.52 bits per heavy atom. The number of nitrogens with two attached hydrogens (primary N) is 1. The Morgan fingerprint density at radius 1 is 1.29 bits per heavy atom. The second-order valence-corrected chi connectivity index (χ2v) is 6.93. The van der Waals surface area contributed by atoms with Crippen molar-refractivity contribution >= 4 is 5.82 Å². The molecule has 2 rings (SSSR count). The molecule has 0 bridgehead atoms. The van der Waals surface area contributed by atoms with Crippen LogP contribution in [0.1, 0.15) is 76.7 Å². The second-order valence-electron chi connectivity index (χ2n) is 6.93. The SMILES string of the molecule is CCCn1c(C2CCCCC2)nc(CC(C)(C)OC)c1N. The minimum Gasteiger partial charge on any atom is -0.384 e. The van der Waals surface area contributed by atoms with Crippen LogP contribution in [0.25, 0.3) is 0 Å². The van der Waals surface area contributed by atoms with E-state index in [0.717, 1.165) is 30.9 Å². The van der Waals surface area contributed by atoms with Crippen molar-refractivity contribution in [3.05, 3.63) is 11.5 Å². The van der Waals surface area contributed by atoms with Crippen LogP contribution >= 0.6 is 0 Å². The summed E-state index contributed by atoms with van der Waals surface area (Å²) in [4.78, 5) is 4.94. The summed E-state index contributed by atoms with van der Waals surface area (Å²) in [5.41, 5.74) is 7.19. The first kappa shape index (κ1) is 16.3. The van der Waals surface area contributed by atoms with Gasteiger partial charge in [0, 0.05) is 26.0 Å². The highest BCUT2D eigenvalue weighted by atomic mass is 16.5. The number of imidazole rings is 1. The van der Waals surface area contributed by atoms with Crippen LogP contribution in [0.2, 0.25) is 0 Å². The largest absolute Gasteiger partial charge is 0.384 e. The number of hydrogen-bond acceptors (Lipinski definition) is 3. The molecule has 120 valence electrons. The molecular formula is C17H31N3O. The van der Waals surface area contributed by atoms with E-state index in [1.165, 1.54) is 37.9 Å². The Labute approximate surface area is 129 Å². The maximum Gasteiger partial charge on any atom is 0.126 e. The normalized spacial score (nSPS) is 17.3. The third-order valence-corrected chi connectivity index (χ3v) is 4.68. The summed E-state index contributed by atoms with van der Waals surface area (Å²) in [7, 11) is 1.75. The number of ether oxygens (including phenoxy) is 1. The average Bonchev–Trinajstić information content (AvgIpc) is 2.77. The lowest BCUT2D eigenvalue weighted by Crippen LogP contribution is -2.26. The van der Waals surface area contributed by atoms with Crippen molar-refractivity contribution in [1.29, 1.82) is 0 Å². The molecule has 0 unspecified atom stereocenters.